The summed E-state index contributed by atoms with van der Waals surface area (Å²) in [5, 5.41) is 21.1. The third-order valence-corrected chi connectivity index (χ3v) is 6.35. The number of amides is 1. The molecule has 1 atom stereocenters. The number of aliphatic carboxylic acids is 2. The number of thiophene rings is 1. The number of allylic oxidation sites excluding steroid dienone is 2. The summed E-state index contributed by atoms with van der Waals surface area (Å²) in [6.07, 6.45) is 1.89. The van der Waals surface area contributed by atoms with Crippen molar-refractivity contribution < 1.29 is 29.4 Å². The number of nitrogens with zero attached hydrogens (tertiary/aromatic N) is 1. The van der Waals surface area contributed by atoms with Crippen molar-refractivity contribution >= 4 is 40.0 Å². The lowest BCUT2D eigenvalue weighted by atomic mass is 9.90. The number of carbonyl (C=O) groups excluding carboxylic acids is 2. The van der Waals surface area contributed by atoms with E-state index in [0.29, 0.717) is 17.0 Å². The van der Waals surface area contributed by atoms with Gasteiger partial charge in [0.25, 0.3) is 5.91 Å². The van der Waals surface area contributed by atoms with E-state index in [1.165, 1.54) is 11.3 Å². The average Bonchev–Trinajstić information content (AvgIpc) is 3.21. The van der Waals surface area contributed by atoms with Crippen LogP contribution in [0.3, 0.4) is 0 Å². The minimum absolute atomic E-state index is 0.0132. The van der Waals surface area contributed by atoms with Crippen molar-refractivity contribution in [1.82, 2.24) is 5.32 Å². The van der Waals surface area contributed by atoms with Crippen molar-refractivity contribution in [2.24, 2.45) is 0 Å². The number of benzene rings is 1. The molecule has 3 rings (SSSR count). The van der Waals surface area contributed by atoms with E-state index >= 15 is 0 Å². The standard InChI is InChI=1S/C23H24N2O6S/c1-13-9-15-4-3-14(11-16(15)18(26)10-13)12-25(2)20-7-6-19(32-20)22(29)24-17(23(30)31)5-8-21(27)28/h3-4,6-7,10-11,17H,5,8-9,12H2,1-2H3,(H,24,29)(H,27,28)(H,30,31)/t17-/m0/s1. The van der Waals surface area contributed by atoms with Crippen LogP contribution in [0.15, 0.2) is 42.0 Å². The van der Waals surface area contributed by atoms with Gasteiger partial charge in [0.15, 0.2) is 5.78 Å². The van der Waals surface area contributed by atoms with Crippen LogP contribution < -0.4 is 10.2 Å². The molecular formula is C23H24N2O6S. The van der Waals surface area contributed by atoms with E-state index in [9.17, 15) is 24.3 Å². The summed E-state index contributed by atoms with van der Waals surface area (Å²) in [6, 6.07) is 7.96. The second-order valence-corrected chi connectivity index (χ2v) is 8.88. The fraction of sp³-hybridized carbons (Fsp3) is 0.304. The van der Waals surface area contributed by atoms with E-state index in [0.717, 1.165) is 28.1 Å². The first-order valence-corrected chi connectivity index (χ1v) is 10.9. The number of nitrogens with one attached hydrogen (secondary N) is 1. The van der Waals surface area contributed by atoms with Gasteiger partial charge in [-0.15, -0.1) is 11.3 Å². The molecule has 9 heteroatoms. The maximum atomic E-state index is 12.4. The second kappa shape index (κ2) is 9.78. The van der Waals surface area contributed by atoms with Crippen LogP contribution in [0.2, 0.25) is 0 Å². The molecule has 1 heterocycles. The Morgan fingerprint density at radius 3 is 2.62 bits per heavy atom. The molecule has 32 heavy (non-hydrogen) atoms. The lowest BCUT2D eigenvalue weighted by Gasteiger charge is -2.19. The highest BCUT2D eigenvalue weighted by Gasteiger charge is 2.23. The van der Waals surface area contributed by atoms with E-state index < -0.39 is 23.9 Å². The molecule has 1 aromatic carbocycles. The monoisotopic (exact) mass is 456 g/mol. The van der Waals surface area contributed by atoms with Gasteiger partial charge in [0.05, 0.1) is 9.88 Å². The first-order chi connectivity index (χ1) is 15.1. The third kappa shape index (κ3) is 5.61. The number of ketones is 1. The number of anilines is 1. The fourth-order valence-corrected chi connectivity index (χ4v) is 4.39. The molecular weight excluding hydrogens is 432 g/mol. The maximum absolute atomic E-state index is 12.4. The normalized spacial score (nSPS) is 13.7. The lowest BCUT2D eigenvalue weighted by Crippen LogP contribution is -2.40. The van der Waals surface area contributed by atoms with E-state index in [4.69, 9.17) is 5.11 Å². The maximum Gasteiger partial charge on any atom is 0.326 e. The van der Waals surface area contributed by atoms with E-state index in [1.54, 1.807) is 18.2 Å². The first kappa shape index (κ1) is 23.2. The summed E-state index contributed by atoms with van der Waals surface area (Å²) in [5.41, 5.74) is 3.75. The molecule has 0 fully saturated rings. The van der Waals surface area contributed by atoms with E-state index in [2.05, 4.69) is 5.32 Å². The SMILES string of the molecule is CC1=CC(=O)c2cc(CN(C)c3ccc(C(=O)N[C@@H](CCC(=O)O)C(=O)O)s3)ccc2C1. The van der Waals surface area contributed by atoms with Crippen molar-refractivity contribution in [2.45, 2.75) is 38.8 Å². The highest BCUT2D eigenvalue weighted by Crippen LogP contribution is 2.28. The molecule has 0 saturated heterocycles. The van der Waals surface area contributed by atoms with Crippen molar-refractivity contribution in [2.75, 3.05) is 11.9 Å². The van der Waals surface area contributed by atoms with Crippen LogP contribution in [0, 0.1) is 0 Å². The Labute approximate surface area is 189 Å². The van der Waals surface area contributed by atoms with Crippen molar-refractivity contribution in [3.63, 3.8) is 0 Å². The predicted octanol–water partition coefficient (Wildman–Crippen LogP) is 3.12. The van der Waals surface area contributed by atoms with Gasteiger partial charge in [0, 0.05) is 25.6 Å². The molecule has 3 N–H and O–H groups in total. The van der Waals surface area contributed by atoms with E-state index in [-0.39, 0.29) is 18.6 Å². The Hall–Kier alpha value is -3.46. The van der Waals surface area contributed by atoms with Gasteiger partial charge in [-0.1, -0.05) is 17.7 Å². The van der Waals surface area contributed by atoms with Crippen LogP contribution >= 0.6 is 11.3 Å². The molecule has 2 aromatic rings. The first-order valence-electron chi connectivity index (χ1n) is 10.0. The molecule has 0 saturated carbocycles. The van der Waals surface area contributed by atoms with Crippen LogP contribution in [0.5, 0.6) is 0 Å². The smallest absolute Gasteiger partial charge is 0.326 e. The van der Waals surface area contributed by atoms with Gasteiger partial charge >= 0.3 is 11.9 Å². The number of carboxylic acid groups (broad SMARTS) is 2. The highest BCUT2D eigenvalue weighted by atomic mass is 32.1. The summed E-state index contributed by atoms with van der Waals surface area (Å²) < 4.78 is 0. The summed E-state index contributed by atoms with van der Waals surface area (Å²) in [4.78, 5) is 49.0. The van der Waals surface area contributed by atoms with Crippen LogP contribution in [-0.4, -0.2) is 46.9 Å². The molecule has 1 aliphatic rings. The molecule has 1 amide bonds. The van der Waals surface area contributed by atoms with Gasteiger partial charge in [-0.3, -0.25) is 14.4 Å². The zero-order valence-electron chi connectivity index (χ0n) is 17.8. The molecule has 8 nitrogen and oxygen atoms in total. The summed E-state index contributed by atoms with van der Waals surface area (Å²) in [5.74, 6) is -2.95. The Morgan fingerprint density at radius 1 is 1.19 bits per heavy atom. The van der Waals surface area contributed by atoms with E-state index in [1.807, 2.05) is 37.1 Å². The van der Waals surface area contributed by atoms with Gasteiger partial charge in [-0.25, -0.2) is 4.79 Å². The summed E-state index contributed by atoms with van der Waals surface area (Å²) in [6.45, 7) is 2.47. The molecule has 168 valence electrons. The second-order valence-electron chi connectivity index (χ2n) is 7.81. The molecule has 0 aliphatic heterocycles. The van der Waals surface area contributed by atoms with Crippen molar-refractivity contribution in [1.29, 1.82) is 0 Å². The minimum atomic E-state index is -1.28. The number of hydrogen-bond acceptors (Lipinski definition) is 6. The molecule has 0 spiro atoms. The van der Waals surface area contributed by atoms with Gasteiger partial charge in [0.2, 0.25) is 0 Å². The third-order valence-electron chi connectivity index (χ3n) is 5.15. The Kier molecular flexibility index (Phi) is 7.09. The highest BCUT2D eigenvalue weighted by molar-refractivity contribution is 7.18. The number of fused-ring (bicyclic) bond motifs is 1. The van der Waals surface area contributed by atoms with Gasteiger partial charge in [-0.05, 0) is 55.2 Å². The Bertz CT molecular complexity index is 1100. The van der Waals surface area contributed by atoms with Gasteiger partial charge in [-0.2, -0.15) is 0 Å². The molecule has 1 aliphatic carbocycles. The quantitative estimate of drug-likeness (QED) is 0.530. The fourth-order valence-electron chi connectivity index (χ4n) is 3.52. The van der Waals surface area contributed by atoms with Crippen LogP contribution in [-0.2, 0) is 22.6 Å². The van der Waals surface area contributed by atoms with Crippen molar-refractivity contribution in [3.05, 3.63) is 63.5 Å². The number of carboxylic acids is 2. The minimum Gasteiger partial charge on any atom is -0.481 e. The largest absolute Gasteiger partial charge is 0.481 e. The molecule has 0 unspecified atom stereocenters. The lowest BCUT2D eigenvalue weighted by molar-refractivity contribution is -0.140. The average molecular weight is 457 g/mol. The zero-order chi connectivity index (χ0) is 23.4. The van der Waals surface area contributed by atoms with Gasteiger partial charge < -0.3 is 20.4 Å². The number of carbonyl (C=O) groups is 4. The Balaban J connectivity index is 1.66. The zero-order valence-corrected chi connectivity index (χ0v) is 18.6. The van der Waals surface area contributed by atoms with Crippen LogP contribution in [0.4, 0.5) is 5.00 Å². The molecule has 0 bridgehead atoms. The summed E-state index contributed by atoms with van der Waals surface area (Å²) >= 11 is 1.20. The summed E-state index contributed by atoms with van der Waals surface area (Å²) in [7, 11) is 1.87. The topological polar surface area (TPSA) is 124 Å². The van der Waals surface area contributed by atoms with Crippen molar-refractivity contribution in [3.8, 4) is 0 Å². The van der Waals surface area contributed by atoms with Crippen LogP contribution in [0.1, 0.15) is 50.9 Å². The van der Waals surface area contributed by atoms with Gasteiger partial charge in [0.1, 0.15) is 6.04 Å². The molecule has 1 aromatic heterocycles. The predicted molar refractivity (Wildman–Crippen MR) is 120 cm³/mol. The molecule has 0 radical (unpaired) electrons. The Morgan fingerprint density at radius 2 is 1.94 bits per heavy atom. The number of rotatable bonds is 9. The number of hydrogen-bond donors (Lipinski definition) is 3. The van der Waals surface area contributed by atoms with Crippen LogP contribution in [0.25, 0.3) is 0 Å².